The first kappa shape index (κ1) is 14.5. The molecule has 114 valence electrons. The quantitative estimate of drug-likeness (QED) is 0.817. The fourth-order valence-electron chi connectivity index (χ4n) is 2.76. The predicted molar refractivity (Wildman–Crippen MR) is 85.1 cm³/mol. The predicted octanol–water partition coefficient (Wildman–Crippen LogP) is 3.09. The summed E-state index contributed by atoms with van der Waals surface area (Å²) in [4.78, 5) is 4.99. The van der Waals surface area contributed by atoms with Gasteiger partial charge in [-0.25, -0.2) is 0 Å². The number of ether oxygens (including phenoxy) is 1. The van der Waals surface area contributed by atoms with Crippen molar-refractivity contribution in [1.29, 1.82) is 0 Å². The minimum Gasteiger partial charge on any atom is -0.497 e. The molecule has 2 aromatic rings. The van der Waals surface area contributed by atoms with Crippen LogP contribution in [0.4, 0.5) is 0 Å². The second kappa shape index (κ2) is 6.13. The number of fused-ring (bicyclic) bond motifs is 1. The van der Waals surface area contributed by atoms with E-state index in [0.29, 0.717) is 5.92 Å². The van der Waals surface area contributed by atoms with Crippen LogP contribution in [0.1, 0.15) is 24.6 Å². The fourth-order valence-corrected chi connectivity index (χ4v) is 2.76. The van der Waals surface area contributed by atoms with Gasteiger partial charge in [0.15, 0.2) is 0 Å². The van der Waals surface area contributed by atoms with E-state index in [9.17, 15) is 0 Å². The molecule has 1 aliphatic carbocycles. The van der Waals surface area contributed by atoms with Gasteiger partial charge in [-0.3, -0.25) is 0 Å². The van der Waals surface area contributed by atoms with Crippen LogP contribution in [0.15, 0.2) is 35.5 Å². The highest BCUT2D eigenvalue weighted by molar-refractivity contribution is 6.02. The van der Waals surface area contributed by atoms with E-state index in [-0.39, 0.29) is 0 Å². The molecule has 1 heterocycles. The van der Waals surface area contributed by atoms with E-state index in [1.165, 1.54) is 0 Å². The standard InChI is InChI=1S/C17H19N3O2/c1-11-8-16-14(17(9-11)20-22-3)10-15(18-19-16)12-4-6-13(21-2)7-5-12/h4-7,10-11H,8-9H2,1-3H3/b20-17+/t11-/m0/s1. The van der Waals surface area contributed by atoms with Gasteiger partial charge in [0.25, 0.3) is 0 Å². The first-order chi connectivity index (χ1) is 10.7. The number of methoxy groups -OCH3 is 1. The molecule has 0 N–H and O–H groups in total. The molecule has 5 heteroatoms. The van der Waals surface area contributed by atoms with E-state index in [0.717, 1.165) is 46.8 Å². The molecule has 0 radical (unpaired) electrons. The lowest BCUT2D eigenvalue weighted by Crippen LogP contribution is -2.21. The van der Waals surface area contributed by atoms with Crippen LogP contribution in [0, 0.1) is 5.92 Å². The van der Waals surface area contributed by atoms with Crippen molar-refractivity contribution in [3.63, 3.8) is 0 Å². The second-order valence-corrected chi connectivity index (χ2v) is 5.55. The fraction of sp³-hybridized carbons (Fsp3) is 0.353. The lowest BCUT2D eigenvalue weighted by Gasteiger charge is -2.21. The molecular weight excluding hydrogens is 278 g/mol. The highest BCUT2D eigenvalue weighted by atomic mass is 16.6. The van der Waals surface area contributed by atoms with E-state index in [1.807, 2.05) is 30.3 Å². The van der Waals surface area contributed by atoms with Gasteiger partial charge >= 0.3 is 0 Å². The number of rotatable bonds is 3. The van der Waals surface area contributed by atoms with Crippen molar-refractivity contribution >= 4 is 5.71 Å². The maximum absolute atomic E-state index is 5.18. The highest BCUT2D eigenvalue weighted by Gasteiger charge is 2.23. The Morgan fingerprint density at radius 1 is 1.09 bits per heavy atom. The van der Waals surface area contributed by atoms with Crippen molar-refractivity contribution in [3.8, 4) is 17.0 Å². The summed E-state index contributed by atoms with van der Waals surface area (Å²) in [7, 11) is 3.23. The van der Waals surface area contributed by atoms with E-state index < -0.39 is 0 Å². The molecule has 1 atom stereocenters. The number of benzene rings is 1. The van der Waals surface area contributed by atoms with Crippen LogP contribution in [0.25, 0.3) is 11.3 Å². The Bertz CT molecular complexity index is 696. The van der Waals surface area contributed by atoms with Gasteiger partial charge in [0, 0.05) is 11.1 Å². The first-order valence-electron chi connectivity index (χ1n) is 7.32. The molecule has 0 saturated heterocycles. The monoisotopic (exact) mass is 297 g/mol. The number of hydrogen-bond donors (Lipinski definition) is 0. The van der Waals surface area contributed by atoms with Crippen LogP contribution < -0.4 is 4.74 Å². The average Bonchev–Trinajstić information content (AvgIpc) is 2.55. The van der Waals surface area contributed by atoms with E-state index in [1.54, 1.807) is 14.2 Å². The molecule has 0 aliphatic heterocycles. The van der Waals surface area contributed by atoms with Gasteiger partial charge < -0.3 is 9.57 Å². The van der Waals surface area contributed by atoms with Crippen molar-refractivity contribution < 1.29 is 9.57 Å². The summed E-state index contributed by atoms with van der Waals surface area (Å²) in [6.45, 7) is 2.19. The molecule has 0 unspecified atom stereocenters. The minimum absolute atomic E-state index is 0.502. The Kier molecular flexibility index (Phi) is 4.04. The molecule has 0 fully saturated rings. The lowest BCUT2D eigenvalue weighted by atomic mass is 9.86. The third-order valence-corrected chi connectivity index (χ3v) is 3.85. The number of oxime groups is 1. The van der Waals surface area contributed by atoms with Gasteiger partial charge in [-0.05, 0) is 49.1 Å². The molecule has 22 heavy (non-hydrogen) atoms. The summed E-state index contributed by atoms with van der Waals surface area (Å²) in [5.41, 5.74) is 4.82. The Labute approximate surface area is 130 Å². The second-order valence-electron chi connectivity index (χ2n) is 5.55. The van der Waals surface area contributed by atoms with Crippen molar-refractivity contribution in [1.82, 2.24) is 10.2 Å². The van der Waals surface area contributed by atoms with Crippen molar-refractivity contribution in [2.24, 2.45) is 11.1 Å². The summed E-state index contributed by atoms with van der Waals surface area (Å²) in [6.07, 6.45) is 1.82. The van der Waals surface area contributed by atoms with E-state index >= 15 is 0 Å². The lowest BCUT2D eigenvalue weighted by molar-refractivity contribution is 0.212. The maximum Gasteiger partial charge on any atom is 0.118 e. The largest absolute Gasteiger partial charge is 0.497 e. The molecule has 1 aromatic carbocycles. The zero-order valence-electron chi connectivity index (χ0n) is 13.0. The molecule has 3 rings (SSSR count). The van der Waals surface area contributed by atoms with Gasteiger partial charge in [0.2, 0.25) is 0 Å². The van der Waals surface area contributed by atoms with Gasteiger partial charge in [0.05, 0.1) is 24.2 Å². The summed E-state index contributed by atoms with van der Waals surface area (Å²) in [6, 6.07) is 9.85. The Balaban J connectivity index is 2.01. The van der Waals surface area contributed by atoms with Crippen molar-refractivity contribution in [2.75, 3.05) is 14.2 Å². The molecular formula is C17H19N3O2. The smallest absolute Gasteiger partial charge is 0.118 e. The Hall–Kier alpha value is -2.43. The van der Waals surface area contributed by atoms with Crippen LogP contribution in [0.5, 0.6) is 5.75 Å². The molecule has 0 bridgehead atoms. The van der Waals surface area contributed by atoms with E-state index in [2.05, 4.69) is 22.3 Å². The van der Waals surface area contributed by atoms with Crippen LogP contribution in [-0.2, 0) is 11.3 Å². The number of nitrogens with zero attached hydrogens (tertiary/aromatic N) is 3. The third kappa shape index (κ3) is 2.79. The zero-order valence-corrected chi connectivity index (χ0v) is 13.0. The van der Waals surface area contributed by atoms with Gasteiger partial charge in [-0.1, -0.05) is 12.1 Å². The van der Waals surface area contributed by atoms with Crippen molar-refractivity contribution in [2.45, 2.75) is 19.8 Å². The first-order valence-corrected chi connectivity index (χ1v) is 7.32. The van der Waals surface area contributed by atoms with Gasteiger partial charge in [-0.15, -0.1) is 0 Å². The van der Waals surface area contributed by atoms with Crippen LogP contribution in [0.2, 0.25) is 0 Å². The summed E-state index contributed by atoms with van der Waals surface area (Å²) < 4.78 is 5.18. The zero-order chi connectivity index (χ0) is 15.5. The van der Waals surface area contributed by atoms with Crippen LogP contribution in [0.3, 0.4) is 0 Å². The number of hydrogen-bond acceptors (Lipinski definition) is 5. The molecule has 0 spiro atoms. The van der Waals surface area contributed by atoms with Gasteiger partial charge in [-0.2, -0.15) is 10.2 Å². The molecule has 5 nitrogen and oxygen atoms in total. The molecule has 0 saturated carbocycles. The van der Waals surface area contributed by atoms with Gasteiger partial charge in [0.1, 0.15) is 12.9 Å². The van der Waals surface area contributed by atoms with Crippen LogP contribution >= 0.6 is 0 Å². The van der Waals surface area contributed by atoms with Crippen molar-refractivity contribution in [3.05, 3.63) is 41.6 Å². The molecule has 0 amide bonds. The van der Waals surface area contributed by atoms with Crippen LogP contribution in [-0.4, -0.2) is 30.1 Å². The third-order valence-electron chi connectivity index (χ3n) is 3.85. The Morgan fingerprint density at radius 3 is 2.55 bits per heavy atom. The topological polar surface area (TPSA) is 56.6 Å². The molecule has 1 aromatic heterocycles. The SMILES string of the molecule is CO/N=C1\C[C@@H](C)Cc2nnc(-c3ccc(OC)cc3)cc21. The van der Waals surface area contributed by atoms with E-state index in [4.69, 9.17) is 9.57 Å². The summed E-state index contributed by atoms with van der Waals surface area (Å²) in [5, 5.41) is 12.9. The normalized spacial score (nSPS) is 18.9. The Morgan fingerprint density at radius 2 is 1.86 bits per heavy atom. The summed E-state index contributed by atoms with van der Waals surface area (Å²) >= 11 is 0. The number of aromatic nitrogens is 2. The highest BCUT2D eigenvalue weighted by Crippen LogP contribution is 2.28. The molecule has 1 aliphatic rings. The summed E-state index contributed by atoms with van der Waals surface area (Å²) in [5.74, 6) is 1.33. The maximum atomic E-state index is 5.18. The minimum atomic E-state index is 0.502. The average molecular weight is 297 g/mol.